The Balaban J connectivity index is 0.00000182. The fourth-order valence-electron chi connectivity index (χ4n) is 4.31. The van der Waals surface area contributed by atoms with Crippen LogP contribution in [0.1, 0.15) is 36.5 Å². The van der Waals surface area contributed by atoms with Crippen molar-refractivity contribution in [3.8, 4) is 0 Å². The fraction of sp³-hybridized carbons (Fsp3) is 0.579. The van der Waals surface area contributed by atoms with Gasteiger partial charge in [-0.15, -0.1) is 12.4 Å². The molecule has 2 aliphatic carbocycles. The van der Waals surface area contributed by atoms with Crippen LogP contribution in [-0.2, 0) is 4.79 Å². The summed E-state index contributed by atoms with van der Waals surface area (Å²) >= 11 is 0. The molecule has 1 aliphatic heterocycles. The van der Waals surface area contributed by atoms with Crippen LogP contribution in [0, 0.1) is 23.7 Å². The molecule has 5 nitrogen and oxygen atoms in total. The van der Waals surface area contributed by atoms with Crippen LogP contribution >= 0.6 is 12.4 Å². The molecule has 3 aliphatic rings. The first-order chi connectivity index (χ1) is 11.5. The van der Waals surface area contributed by atoms with Crippen molar-refractivity contribution in [2.75, 3.05) is 18.4 Å². The van der Waals surface area contributed by atoms with Gasteiger partial charge in [0.1, 0.15) is 0 Å². The van der Waals surface area contributed by atoms with Gasteiger partial charge >= 0.3 is 0 Å². The number of fused-ring (bicyclic) bond motifs is 1. The third kappa shape index (κ3) is 3.53. The highest BCUT2D eigenvalue weighted by molar-refractivity contribution is 5.98. The van der Waals surface area contributed by atoms with Gasteiger partial charge in [-0.3, -0.25) is 9.59 Å². The van der Waals surface area contributed by atoms with Gasteiger partial charge in [0.2, 0.25) is 5.91 Å². The lowest BCUT2D eigenvalue weighted by Crippen LogP contribution is -2.33. The van der Waals surface area contributed by atoms with Crippen molar-refractivity contribution < 1.29 is 9.59 Å². The Morgan fingerprint density at radius 3 is 2.68 bits per heavy atom. The van der Waals surface area contributed by atoms with E-state index in [0.717, 1.165) is 32.4 Å². The zero-order valence-electron chi connectivity index (χ0n) is 14.5. The van der Waals surface area contributed by atoms with Gasteiger partial charge in [-0.05, 0) is 55.2 Å². The minimum absolute atomic E-state index is 0. The number of nitrogens with zero attached hydrogens (tertiary/aromatic N) is 1. The summed E-state index contributed by atoms with van der Waals surface area (Å²) in [4.78, 5) is 26.8. The second kappa shape index (κ2) is 6.96. The number of carbonyl (C=O) groups excluding carboxylic acids is 2. The molecule has 1 aromatic carbocycles. The highest BCUT2D eigenvalue weighted by Crippen LogP contribution is 2.39. The highest BCUT2D eigenvalue weighted by Gasteiger charge is 2.42. The number of likely N-dealkylation sites (tertiary alicyclic amines) is 1. The van der Waals surface area contributed by atoms with Crippen molar-refractivity contribution in [3.05, 3.63) is 29.8 Å². The molecule has 1 heterocycles. The van der Waals surface area contributed by atoms with Crippen LogP contribution in [0.25, 0.3) is 0 Å². The Kier molecular flexibility index (Phi) is 5.07. The van der Waals surface area contributed by atoms with E-state index in [-0.39, 0.29) is 36.2 Å². The van der Waals surface area contributed by atoms with Gasteiger partial charge in [-0.25, -0.2) is 0 Å². The first-order valence-corrected chi connectivity index (χ1v) is 8.98. The van der Waals surface area contributed by atoms with E-state index in [1.807, 2.05) is 23.1 Å². The second-order valence-electron chi connectivity index (χ2n) is 7.76. The van der Waals surface area contributed by atoms with Gasteiger partial charge in [0.25, 0.3) is 5.91 Å². The number of anilines is 1. The van der Waals surface area contributed by atoms with Crippen LogP contribution in [-0.4, -0.2) is 35.8 Å². The topological polar surface area (TPSA) is 75.4 Å². The predicted molar refractivity (Wildman–Crippen MR) is 99.7 cm³/mol. The molecule has 5 unspecified atom stereocenters. The summed E-state index contributed by atoms with van der Waals surface area (Å²) in [6.45, 7) is 3.66. The molecule has 136 valence electrons. The first-order valence-electron chi connectivity index (χ1n) is 8.98. The maximum absolute atomic E-state index is 12.8. The molecule has 2 amide bonds. The summed E-state index contributed by atoms with van der Waals surface area (Å²) < 4.78 is 0. The Hall–Kier alpha value is -1.59. The normalized spacial score (nSPS) is 32.7. The van der Waals surface area contributed by atoms with E-state index < -0.39 is 0 Å². The first kappa shape index (κ1) is 18.2. The standard InChI is InChI=1S/C19H25N3O2.ClH/c1-11-7-15(11)18(23)21-14-4-2-3-12(8-14)19(24)22-9-13-5-6-17(20)16(13)10-22;/h2-4,8,11,13,15-17H,5-7,9-10,20H2,1H3,(H,21,23);1H. The lowest BCUT2D eigenvalue weighted by molar-refractivity contribution is -0.117. The average molecular weight is 364 g/mol. The van der Waals surface area contributed by atoms with E-state index in [9.17, 15) is 9.59 Å². The summed E-state index contributed by atoms with van der Waals surface area (Å²) in [5, 5.41) is 2.94. The van der Waals surface area contributed by atoms with E-state index in [0.29, 0.717) is 29.0 Å². The van der Waals surface area contributed by atoms with Crippen molar-refractivity contribution in [1.82, 2.24) is 4.90 Å². The van der Waals surface area contributed by atoms with Gasteiger partial charge < -0.3 is 16.0 Å². The Morgan fingerprint density at radius 2 is 2.00 bits per heavy atom. The molecule has 0 spiro atoms. The molecule has 2 saturated carbocycles. The Bertz CT molecular complexity index is 680. The summed E-state index contributed by atoms with van der Waals surface area (Å²) in [6, 6.07) is 7.53. The van der Waals surface area contributed by atoms with Gasteiger partial charge in [-0.2, -0.15) is 0 Å². The zero-order valence-corrected chi connectivity index (χ0v) is 15.3. The van der Waals surface area contributed by atoms with E-state index in [1.165, 1.54) is 0 Å². The number of hydrogen-bond acceptors (Lipinski definition) is 3. The number of nitrogens with one attached hydrogen (secondary N) is 1. The predicted octanol–water partition coefficient (Wildman–Crippen LogP) is 2.51. The van der Waals surface area contributed by atoms with Crippen molar-refractivity contribution in [3.63, 3.8) is 0 Å². The molecule has 1 saturated heterocycles. The molecular formula is C19H26ClN3O2. The summed E-state index contributed by atoms with van der Waals surface area (Å²) in [5.41, 5.74) is 7.51. The molecule has 5 atom stereocenters. The lowest BCUT2D eigenvalue weighted by Gasteiger charge is -2.19. The zero-order chi connectivity index (χ0) is 16.8. The summed E-state index contributed by atoms with van der Waals surface area (Å²) in [6.07, 6.45) is 3.17. The maximum Gasteiger partial charge on any atom is 0.253 e. The molecule has 25 heavy (non-hydrogen) atoms. The van der Waals surface area contributed by atoms with Crippen molar-refractivity contribution in [2.24, 2.45) is 29.4 Å². The van der Waals surface area contributed by atoms with Crippen LogP contribution in [0.4, 0.5) is 5.69 Å². The molecular weight excluding hydrogens is 338 g/mol. The van der Waals surface area contributed by atoms with Gasteiger partial charge in [0, 0.05) is 36.3 Å². The number of hydrogen-bond donors (Lipinski definition) is 2. The third-order valence-electron chi connectivity index (χ3n) is 6.02. The van der Waals surface area contributed by atoms with Gasteiger partial charge in [-0.1, -0.05) is 13.0 Å². The molecule has 0 radical (unpaired) electrons. The molecule has 0 bridgehead atoms. The minimum atomic E-state index is 0. The minimum Gasteiger partial charge on any atom is -0.338 e. The van der Waals surface area contributed by atoms with E-state index in [1.54, 1.807) is 6.07 Å². The summed E-state index contributed by atoms with van der Waals surface area (Å²) in [7, 11) is 0. The summed E-state index contributed by atoms with van der Waals surface area (Å²) in [5.74, 6) is 1.73. The van der Waals surface area contributed by atoms with Gasteiger partial charge in [0.15, 0.2) is 0 Å². The molecule has 4 rings (SSSR count). The highest BCUT2D eigenvalue weighted by atomic mass is 35.5. The average Bonchev–Trinajstić information content (AvgIpc) is 3.01. The number of rotatable bonds is 3. The van der Waals surface area contributed by atoms with E-state index >= 15 is 0 Å². The largest absolute Gasteiger partial charge is 0.338 e. The second-order valence-corrected chi connectivity index (χ2v) is 7.76. The van der Waals surface area contributed by atoms with E-state index in [4.69, 9.17) is 5.73 Å². The number of halogens is 1. The maximum atomic E-state index is 12.8. The van der Waals surface area contributed by atoms with Crippen LogP contribution in [0.3, 0.4) is 0 Å². The molecule has 1 aromatic rings. The monoisotopic (exact) mass is 363 g/mol. The fourth-order valence-corrected chi connectivity index (χ4v) is 4.31. The van der Waals surface area contributed by atoms with Crippen LogP contribution in [0.15, 0.2) is 24.3 Å². The SMILES string of the molecule is CC1CC1C(=O)Nc1cccc(C(=O)N2CC3CCC(N)C3C2)c1.Cl. The smallest absolute Gasteiger partial charge is 0.253 e. The van der Waals surface area contributed by atoms with Crippen molar-refractivity contribution in [2.45, 2.75) is 32.2 Å². The number of amides is 2. The van der Waals surface area contributed by atoms with E-state index in [2.05, 4.69) is 12.2 Å². The quantitative estimate of drug-likeness (QED) is 0.866. The Morgan fingerprint density at radius 1 is 1.24 bits per heavy atom. The Labute approximate surface area is 154 Å². The number of carbonyl (C=O) groups is 2. The molecule has 3 N–H and O–H groups in total. The number of nitrogens with two attached hydrogens (primary N) is 1. The van der Waals surface area contributed by atoms with Gasteiger partial charge in [0.05, 0.1) is 0 Å². The van der Waals surface area contributed by atoms with Crippen LogP contribution < -0.4 is 11.1 Å². The van der Waals surface area contributed by atoms with Crippen molar-refractivity contribution in [1.29, 1.82) is 0 Å². The van der Waals surface area contributed by atoms with Crippen LogP contribution in [0.2, 0.25) is 0 Å². The third-order valence-corrected chi connectivity index (χ3v) is 6.02. The molecule has 6 heteroatoms. The molecule has 0 aromatic heterocycles. The number of benzene rings is 1. The van der Waals surface area contributed by atoms with Crippen molar-refractivity contribution >= 4 is 29.9 Å². The van der Waals surface area contributed by atoms with Crippen LogP contribution in [0.5, 0.6) is 0 Å². The molecule has 3 fully saturated rings. The lowest BCUT2D eigenvalue weighted by atomic mass is 9.98.